The van der Waals surface area contributed by atoms with Gasteiger partial charge in [-0.05, 0) is 158 Å². The van der Waals surface area contributed by atoms with E-state index in [0.29, 0.717) is 0 Å². The van der Waals surface area contributed by atoms with E-state index in [9.17, 15) is 17.6 Å². The van der Waals surface area contributed by atoms with E-state index >= 15 is 0 Å². The van der Waals surface area contributed by atoms with Gasteiger partial charge in [-0.3, -0.25) is 0 Å². The molecule has 0 unspecified atom stereocenters. The minimum absolute atomic E-state index is 0.214. The van der Waals surface area contributed by atoms with Crippen molar-refractivity contribution in [3.05, 3.63) is 130 Å². The van der Waals surface area contributed by atoms with Crippen molar-refractivity contribution in [2.24, 2.45) is 11.8 Å². The summed E-state index contributed by atoms with van der Waals surface area (Å²) in [7, 11) is 0. The Bertz CT molecular complexity index is 1570. The van der Waals surface area contributed by atoms with Crippen LogP contribution in [0.3, 0.4) is 0 Å². The number of aryl methyl sites for hydroxylation is 4. The van der Waals surface area contributed by atoms with Crippen molar-refractivity contribution in [3.63, 3.8) is 0 Å². The fourth-order valence-corrected chi connectivity index (χ4v) is 8.26. The zero-order valence-corrected chi connectivity index (χ0v) is 31.6. The number of benzene rings is 4. The van der Waals surface area contributed by atoms with Crippen LogP contribution in [0.2, 0.25) is 0 Å². The molecule has 2 aliphatic carbocycles. The fourth-order valence-electron chi connectivity index (χ4n) is 8.26. The van der Waals surface area contributed by atoms with E-state index in [0.717, 1.165) is 60.5 Å². The van der Waals surface area contributed by atoms with Crippen molar-refractivity contribution in [2.45, 2.75) is 135 Å². The molecule has 0 spiro atoms. The van der Waals surface area contributed by atoms with E-state index in [-0.39, 0.29) is 11.5 Å². The zero-order valence-electron chi connectivity index (χ0n) is 31.6. The second-order valence-corrected chi connectivity index (χ2v) is 15.2. The highest BCUT2D eigenvalue weighted by atomic mass is 19.3. The lowest BCUT2D eigenvalue weighted by atomic mass is 9.77. The van der Waals surface area contributed by atoms with Gasteiger partial charge in [-0.15, -0.1) is 0 Å². The summed E-state index contributed by atoms with van der Waals surface area (Å²) in [6, 6.07) is 32.1. The molecule has 0 radical (unpaired) electrons. The number of halogens is 4. The highest BCUT2D eigenvalue weighted by Gasteiger charge is 2.22. The van der Waals surface area contributed by atoms with E-state index in [1.165, 1.54) is 92.9 Å². The molecule has 0 bridgehead atoms. The van der Waals surface area contributed by atoms with Gasteiger partial charge in [0.1, 0.15) is 11.5 Å². The molecular formula is C47H58F4O2. The van der Waals surface area contributed by atoms with Gasteiger partial charge in [-0.1, -0.05) is 106 Å². The number of alkyl halides is 4. The molecule has 0 N–H and O–H groups in total. The van der Waals surface area contributed by atoms with Crippen LogP contribution in [0, 0.1) is 11.8 Å². The van der Waals surface area contributed by atoms with Crippen LogP contribution < -0.4 is 9.47 Å². The van der Waals surface area contributed by atoms with E-state index in [2.05, 4.69) is 71.9 Å². The lowest BCUT2D eigenvalue weighted by Gasteiger charge is -2.28. The van der Waals surface area contributed by atoms with E-state index in [1.54, 1.807) is 24.3 Å². The predicted molar refractivity (Wildman–Crippen MR) is 208 cm³/mol. The largest absolute Gasteiger partial charge is 0.435 e. The summed E-state index contributed by atoms with van der Waals surface area (Å²) in [6.07, 6.45) is 18.5. The van der Waals surface area contributed by atoms with Crippen LogP contribution in [-0.2, 0) is 25.7 Å². The quantitative estimate of drug-likeness (QED) is 0.113. The van der Waals surface area contributed by atoms with Crippen LogP contribution >= 0.6 is 0 Å². The zero-order chi connectivity index (χ0) is 37.4. The third-order valence-corrected chi connectivity index (χ3v) is 11.6. The summed E-state index contributed by atoms with van der Waals surface area (Å²) in [4.78, 5) is 0. The predicted octanol–water partition coefficient (Wildman–Crippen LogP) is 13.9. The highest BCUT2D eigenvalue weighted by Crippen LogP contribution is 2.38. The first kappa shape index (κ1) is 40.4. The number of hydrogen-bond donors (Lipinski definition) is 0. The molecule has 0 heterocycles. The van der Waals surface area contributed by atoms with Gasteiger partial charge in [0.25, 0.3) is 0 Å². The molecule has 0 atom stereocenters. The van der Waals surface area contributed by atoms with Gasteiger partial charge < -0.3 is 9.47 Å². The number of rotatable bonds is 15. The topological polar surface area (TPSA) is 18.5 Å². The third kappa shape index (κ3) is 13.5. The van der Waals surface area contributed by atoms with Gasteiger partial charge in [0.2, 0.25) is 0 Å². The van der Waals surface area contributed by atoms with Crippen LogP contribution in [0.15, 0.2) is 97.1 Å². The molecule has 4 aromatic carbocycles. The molecule has 6 heteroatoms. The maximum atomic E-state index is 12.2. The van der Waals surface area contributed by atoms with Gasteiger partial charge in [0.05, 0.1) is 0 Å². The van der Waals surface area contributed by atoms with Crippen molar-refractivity contribution in [1.82, 2.24) is 0 Å². The van der Waals surface area contributed by atoms with Crippen LogP contribution in [0.5, 0.6) is 11.5 Å². The van der Waals surface area contributed by atoms with Crippen molar-refractivity contribution >= 4 is 0 Å². The molecule has 0 aromatic heterocycles. The van der Waals surface area contributed by atoms with Gasteiger partial charge in [0, 0.05) is 0 Å². The lowest BCUT2D eigenvalue weighted by Crippen LogP contribution is -2.13. The molecule has 2 aliphatic rings. The molecular weight excluding hydrogens is 673 g/mol. The van der Waals surface area contributed by atoms with Crippen molar-refractivity contribution < 1.29 is 27.0 Å². The second-order valence-electron chi connectivity index (χ2n) is 15.2. The molecule has 0 aliphatic heterocycles. The van der Waals surface area contributed by atoms with Gasteiger partial charge >= 0.3 is 13.2 Å². The molecule has 2 nitrogen and oxygen atoms in total. The molecule has 53 heavy (non-hydrogen) atoms. The maximum Gasteiger partial charge on any atom is 0.387 e. The van der Waals surface area contributed by atoms with Gasteiger partial charge in [-0.2, -0.15) is 17.6 Å². The average Bonchev–Trinajstić information content (AvgIpc) is 3.18. The second kappa shape index (κ2) is 21.2. The van der Waals surface area contributed by atoms with Crippen LogP contribution in [0.4, 0.5) is 17.6 Å². The van der Waals surface area contributed by atoms with Crippen LogP contribution in [-0.4, -0.2) is 13.2 Å². The number of hydrogen-bond acceptors (Lipinski definition) is 2. The highest BCUT2D eigenvalue weighted by molar-refractivity contribution is 5.31. The summed E-state index contributed by atoms with van der Waals surface area (Å²) in [5, 5.41) is 0. The molecule has 2 fully saturated rings. The average molecular weight is 731 g/mol. The first-order valence-corrected chi connectivity index (χ1v) is 20.0. The minimum atomic E-state index is -2.77. The van der Waals surface area contributed by atoms with Crippen LogP contribution in [0.25, 0.3) is 0 Å². The first-order chi connectivity index (χ1) is 25.8. The summed E-state index contributed by atoms with van der Waals surface area (Å²) in [5.41, 5.74) is 7.89. The molecule has 6 rings (SSSR count). The molecule has 0 amide bonds. The Hall–Kier alpha value is -3.80. The van der Waals surface area contributed by atoms with Crippen molar-refractivity contribution in [3.8, 4) is 11.5 Å². The first-order valence-electron chi connectivity index (χ1n) is 20.0. The standard InChI is InChI=1S/C24H30F2O.C23H28F2O/c1-2-3-18-6-12-21(13-7-18)22-14-8-19(9-15-22)4-5-20-10-16-23(17-11-20)27-24(25)26;1-2-17-5-11-20(12-6-17)21-13-7-18(8-14-21)3-4-19-9-15-22(16-10-19)26-23(24)25/h8-11,14-18,21,24H,2-7,12-13H2,1H3;7-10,13-17,20,23H,2-6,11-12H2,1H3/t18-,21-;17-,20-. The fraction of sp³-hybridized carbons (Fsp3) is 0.489. The Labute approximate surface area is 315 Å². The monoisotopic (exact) mass is 730 g/mol. The van der Waals surface area contributed by atoms with Crippen molar-refractivity contribution in [2.75, 3.05) is 0 Å². The van der Waals surface area contributed by atoms with Gasteiger partial charge in [-0.25, -0.2) is 0 Å². The molecule has 0 saturated heterocycles. The number of ether oxygens (including phenoxy) is 2. The molecule has 286 valence electrons. The lowest BCUT2D eigenvalue weighted by molar-refractivity contribution is -0.0505. The van der Waals surface area contributed by atoms with E-state index in [4.69, 9.17) is 0 Å². The van der Waals surface area contributed by atoms with Crippen molar-refractivity contribution in [1.29, 1.82) is 0 Å². The Morgan fingerprint density at radius 2 is 0.774 bits per heavy atom. The Balaban J connectivity index is 0.000000204. The van der Waals surface area contributed by atoms with E-state index < -0.39 is 13.2 Å². The minimum Gasteiger partial charge on any atom is -0.435 e. The smallest absolute Gasteiger partial charge is 0.387 e. The summed E-state index contributed by atoms with van der Waals surface area (Å²) >= 11 is 0. The molecule has 4 aromatic rings. The summed E-state index contributed by atoms with van der Waals surface area (Å²) in [6.45, 7) is -0.942. The van der Waals surface area contributed by atoms with Crippen LogP contribution in [0.1, 0.15) is 130 Å². The van der Waals surface area contributed by atoms with E-state index in [1.807, 2.05) is 24.3 Å². The summed E-state index contributed by atoms with van der Waals surface area (Å²) < 4.78 is 57.5. The third-order valence-electron chi connectivity index (χ3n) is 11.6. The molecule has 2 saturated carbocycles. The summed E-state index contributed by atoms with van der Waals surface area (Å²) in [5.74, 6) is 3.77. The Morgan fingerprint density at radius 1 is 0.453 bits per heavy atom. The maximum absolute atomic E-state index is 12.2. The SMILES string of the molecule is CCC[C@H]1CC[C@H](c2ccc(CCc3ccc(OC(F)F)cc3)cc2)CC1.CC[C@H]1CC[C@H](c2ccc(CCc3ccc(OC(F)F)cc3)cc2)CC1. The Morgan fingerprint density at radius 3 is 1.08 bits per heavy atom. The Kier molecular flexibility index (Phi) is 16.1. The normalized spacial score (nSPS) is 20.2. The van der Waals surface area contributed by atoms with Gasteiger partial charge in [0.15, 0.2) is 0 Å².